The maximum Gasteiger partial charge on any atom is 0.230 e. The van der Waals surface area contributed by atoms with Crippen LogP contribution in [0.25, 0.3) is 0 Å². The van der Waals surface area contributed by atoms with Gasteiger partial charge < -0.3 is 10.6 Å². The summed E-state index contributed by atoms with van der Waals surface area (Å²) in [4.78, 5) is 24.2. The summed E-state index contributed by atoms with van der Waals surface area (Å²) >= 11 is 0. The molecule has 2 N–H and O–H groups in total. The Labute approximate surface area is 137 Å². The Morgan fingerprint density at radius 3 is 2.00 bits per heavy atom. The minimum absolute atomic E-state index is 0.102. The highest BCUT2D eigenvalue weighted by molar-refractivity contribution is 5.96. The van der Waals surface area contributed by atoms with E-state index in [-0.39, 0.29) is 17.2 Å². The van der Waals surface area contributed by atoms with Gasteiger partial charge in [0.05, 0.1) is 5.41 Å². The van der Waals surface area contributed by atoms with Gasteiger partial charge in [0.15, 0.2) is 0 Å². The Morgan fingerprint density at radius 2 is 1.48 bits per heavy atom. The molecule has 0 radical (unpaired) electrons. The van der Waals surface area contributed by atoms with Crippen LogP contribution >= 0.6 is 0 Å². The number of carbonyl (C=O) groups excluding carboxylic acids is 2. The highest BCUT2D eigenvalue weighted by Gasteiger charge is 2.54. The Hall–Kier alpha value is -1.84. The van der Waals surface area contributed by atoms with Gasteiger partial charge in [-0.1, -0.05) is 6.07 Å². The number of benzene rings is 1. The largest absolute Gasteiger partial charge is 0.326 e. The molecule has 1 aromatic rings. The van der Waals surface area contributed by atoms with Gasteiger partial charge in [0, 0.05) is 18.3 Å². The maximum absolute atomic E-state index is 13.0. The average molecular weight is 312 g/mol. The highest BCUT2D eigenvalue weighted by atomic mass is 16.2. The number of rotatable bonds is 3. The van der Waals surface area contributed by atoms with Gasteiger partial charge in [-0.15, -0.1) is 0 Å². The van der Waals surface area contributed by atoms with Crippen LogP contribution in [0.1, 0.15) is 45.4 Å². The summed E-state index contributed by atoms with van der Waals surface area (Å²) in [6.07, 6.45) is 7.21. The third-order valence-electron chi connectivity index (χ3n) is 5.96. The van der Waals surface area contributed by atoms with E-state index in [1.54, 1.807) is 0 Å². The van der Waals surface area contributed by atoms with Crippen LogP contribution in [0, 0.1) is 23.2 Å². The number of anilines is 2. The molecule has 1 aromatic carbocycles. The van der Waals surface area contributed by atoms with Crippen LogP contribution < -0.4 is 10.6 Å². The highest BCUT2D eigenvalue weighted by Crippen LogP contribution is 2.60. The fraction of sp³-hybridized carbons (Fsp3) is 0.579. The van der Waals surface area contributed by atoms with Crippen molar-refractivity contribution in [3.05, 3.63) is 24.3 Å². The van der Waals surface area contributed by atoms with Crippen molar-refractivity contribution in [3.8, 4) is 0 Å². The second kappa shape index (κ2) is 5.36. The van der Waals surface area contributed by atoms with Crippen molar-refractivity contribution in [2.75, 3.05) is 10.6 Å². The first kappa shape index (κ1) is 14.7. The summed E-state index contributed by atoms with van der Waals surface area (Å²) in [5.74, 6) is 2.37. The molecule has 4 aliphatic rings. The lowest BCUT2D eigenvalue weighted by molar-refractivity contribution is -0.140. The van der Waals surface area contributed by atoms with E-state index in [4.69, 9.17) is 0 Å². The Bertz CT molecular complexity index is 617. The van der Waals surface area contributed by atoms with Gasteiger partial charge in [0.1, 0.15) is 0 Å². The fourth-order valence-electron chi connectivity index (χ4n) is 5.53. The topological polar surface area (TPSA) is 58.2 Å². The molecule has 0 atom stereocenters. The molecule has 0 saturated heterocycles. The average Bonchev–Trinajstić information content (AvgIpc) is 2.45. The molecule has 4 fully saturated rings. The summed E-state index contributed by atoms with van der Waals surface area (Å²) < 4.78 is 0. The molecule has 4 saturated carbocycles. The number of carbonyl (C=O) groups is 2. The first-order chi connectivity index (χ1) is 11.0. The van der Waals surface area contributed by atoms with Crippen molar-refractivity contribution in [2.24, 2.45) is 23.2 Å². The summed E-state index contributed by atoms with van der Waals surface area (Å²) in [6, 6.07) is 7.42. The van der Waals surface area contributed by atoms with E-state index in [9.17, 15) is 9.59 Å². The van der Waals surface area contributed by atoms with Crippen LogP contribution in [0.2, 0.25) is 0 Å². The Morgan fingerprint density at radius 1 is 0.957 bits per heavy atom. The quantitative estimate of drug-likeness (QED) is 0.892. The van der Waals surface area contributed by atoms with Gasteiger partial charge in [-0.3, -0.25) is 9.59 Å². The number of amides is 2. The number of nitrogens with one attached hydrogen (secondary N) is 2. The van der Waals surface area contributed by atoms with E-state index in [0.717, 1.165) is 48.4 Å². The van der Waals surface area contributed by atoms with Crippen molar-refractivity contribution in [1.82, 2.24) is 0 Å². The molecule has 5 rings (SSSR count). The van der Waals surface area contributed by atoms with E-state index >= 15 is 0 Å². The van der Waals surface area contributed by atoms with Crippen LogP contribution in [-0.4, -0.2) is 11.8 Å². The Balaban J connectivity index is 1.51. The second-order valence-electron chi connectivity index (χ2n) is 7.91. The van der Waals surface area contributed by atoms with E-state index in [0.29, 0.717) is 0 Å². The second-order valence-corrected chi connectivity index (χ2v) is 7.91. The third kappa shape index (κ3) is 2.75. The first-order valence-corrected chi connectivity index (χ1v) is 8.71. The van der Waals surface area contributed by atoms with Crippen LogP contribution in [0.3, 0.4) is 0 Å². The minimum atomic E-state index is -0.140. The molecule has 4 heteroatoms. The molecule has 122 valence electrons. The summed E-state index contributed by atoms with van der Waals surface area (Å²) in [6.45, 7) is 1.49. The lowest BCUT2D eigenvalue weighted by Crippen LogP contribution is -2.51. The van der Waals surface area contributed by atoms with Gasteiger partial charge in [0.25, 0.3) is 0 Å². The van der Waals surface area contributed by atoms with Crippen LogP contribution in [-0.2, 0) is 9.59 Å². The monoisotopic (exact) mass is 312 g/mol. The molecule has 4 bridgehead atoms. The van der Waals surface area contributed by atoms with E-state index in [1.807, 2.05) is 24.3 Å². The molecule has 4 aliphatic carbocycles. The lowest BCUT2D eigenvalue weighted by atomic mass is 9.49. The van der Waals surface area contributed by atoms with Gasteiger partial charge in [-0.2, -0.15) is 0 Å². The van der Waals surface area contributed by atoms with Crippen molar-refractivity contribution < 1.29 is 9.59 Å². The Kier molecular flexibility index (Phi) is 3.43. The first-order valence-electron chi connectivity index (χ1n) is 8.71. The van der Waals surface area contributed by atoms with Crippen LogP contribution in [0.15, 0.2) is 24.3 Å². The summed E-state index contributed by atoms with van der Waals surface area (Å²) in [5, 5.41) is 5.89. The number of hydrogen-bond donors (Lipinski definition) is 2. The van der Waals surface area contributed by atoms with Crippen molar-refractivity contribution >= 4 is 23.2 Å². The van der Waals surface area contributed by atoms with Crippen LogP contribution in [0.5, 0.6) is 0 Å². The molecule has 0 unspecified atom stereocenters. The minimum Gasteiger partial charge on any atom is -0.326 e. The predicted octanol–water partition coefficient (Wildman–Crippen LogP) is 3.80. The normalized spacial score (nSPS) is 34.2. The fourth-order valence-corrected chi connectivity index (χ4v) is 5.53. The molecular weight excluding hydrogens is 288 g/mol. The summed E-state index contributed by atoms with van der Waals surface area (Å²) in [5.41, 5.74) is 1.36. The zero-order valence-corrected chi connectivity index (χ0v) is 13.6. The zero-order chi connectivity index (χ0) is 16.0. The molecule has 0 aliphatic heterocycles. The molecule has 0 heterocycles. The number of hydrogen-bond acceptors (Lipinski definition) is 2. The van der Waals surface area contributed by atoms with Crippen molar-refractivity contribution in [2.45, 2.75) is 45.4 Å². The summed E-state index contributed by atoms with van der Waals surface area (Å²) in [7, 11) is 0. The third-order valence-corrected chi connectivity index (χ3v) is 5.96. The lowest BCUT2D eigenvalue weighted by Gasteiger charge is -2.55. The van der Waals surface area contributed by atoms with Gasteiger partial charge in [-0.05, 0) is 74.5 Å². The van der Waals surface area contributed by atoms with E-state index in [2.05, 4.69) is 10.6 Å². The zero-order valence-electron chi connectivity index (χ0n) is 13.6. The molecular formula is C19H24N2O2. The molecule has 2 amide bonds. The van der Waals surface area contributed by atoms with Gasteiger partial charge in [0.2, 0.25) is 11.8 Å². The maximum atomic E-state index is 13.0. The van der Waals surface area contributed by atoms with Gasteiger partial charge >= 0.3 is 0 Å². The standard InChI is InChI=1S/C19H24N2O2/c1-12(22)20-16-3-2-4-17(8-16)21-18(23)19-9-13-5-14(10-19)7-15(6-13)11-19/h2-4,8,13-15H,5-7,9-11H2,1H3,(H,20,22)(H,21,23). The molecule has 23 heavy (non-hydrogen) atoms. The van der Waals surface area contributed by atoms with Crippen molar-refractivity contribution in [3.63, 3.8) is 0 Å². The van der Waals surface area contributed by atoms with Crippen molar-refractivity contribution in [1.29, 1.82) is 0 Å². The van der Waals surface area contributed by atoms with E-state index < -0.39 is 0 Å². The predicted molar refractivity (Wildman–Crippen MR) is 90.0 cm³/mol. The molecule has 0 spiro atoms. The smallest absolute Gasteiger partial charge is 0.230 e. The van der Waals surface area contributed by atoms with Gasteiger partial charge in [-0.25, -0.2) is 0 Å². The molecule has 0 aromatic heterocycles. The SMILES string of the molecule is CC(=O)Nc1cccc(NC(=O)C23CC4CC(CC(C4)C2)C3)c1. The van der Waals surface area contributed by atoms with Crippen LogP contribution in [0.4, 0.5) is 11.4 Å². The van der Waals surface area contributed by atoms with E-state index in [1.165, 1.54) is 26.2 Å². The molecule has 4 nitrogen and oxygen atoms in total.